The van der Waals surface area contributed by atoms with Gasteiger partial charge in [0.15, 0.2) is 0 Å². The van der Waals surface area contributed by atoms with Crippen molar-refractivity contribution >= 4 is 11.4 Å². The third-order valence-electron chi connectivity index (χ3n) is 2.30. The van der Waals surface area contributed by atoms with Crippen LogP contribution in [0.3, 0.4) is 0 Å². The first-order chi connectivity index (χ1) is 7.58. The molecule has 0 aliphatic carbocycles. The Kier molecular flexibility index (Phi) is 2.48. The summed E-state index contributed by atoms with van der Waals surface area (Å²) in [7, 11) is 0. The Labute approximate surface area is 93.0 Å². The largest absolute Gasteiger partial charge is 0.382 e. The Hall–Kier alpha value is -2.10. The monoisotopic (exact) mass is 217 g/mol. The Balaban J connectivity index is 2.47. The van der Waals surface area contributed by atoms with Crippen molar-refractivity contribution in [3.8, 4) is 5.69 Å². The van der Waals surface area contributed by atoms with E-state index in [9.17, 15) is 4.39 Å². The van der Waals surface area contributed by atoms with E-state index in [-0.39, 0.29) is 5.82 Å². The highest BCUT2D eigenvalue weighted by molar-refractivity contribution is 5.62. The summed E-state index contributed by atoms with van der Waals surface area (Å²) < 4.78 is 15.2. The first-order valence-electron chi connectivity index (χ1n) is 4.85. The third kappa shape index (κ3) is 1.82. The van der Waals surface area contributed by atoms with Crippen molar-refractivity contribution in [1.82, 2.24) is 9.78 Å². The Bertz CT molecular complexity index is 543. The van der Waals surface area contributed by atoms with E-state index in [1.165, 1.54) is 10.7 Å². The standard InChI is InChI=1S/C12H12FN3/c1-8(2)9-3-4-11(10(13)7-9)16-6-5-12(14)15-16/h3-7H,1H2,2H3,(H2,14,15). The zero-order valence-electron chi connectivity index (χ0n) is 8.94. The number of rotatable bonds is 2. The number of nitrogens with two attached hydrogens (primary N) is 1. The first-order valence-corrected chi connectivity index (χ1v) is 4.85. The topological polar surface area (TPSA) is 43.8 Å². The van der Waals surface area contributed by atoms with Crippen molar-refractivity contribution < 1.29 is 4.39 Å². The van der Waals surface area contributed by atoms with Crippen molar-refractivity contribution in [3.05, 3.63) is 48.4 Å². The molecule has 0 fully saturated rings. The van der Waals surface area contributed by atoms with Gasteiger partial charge in [-0.25, -0.2) is 9.07 Å². The Morgan fingerprint density at radius 3 is 2.69 bits per heavy atom. The molecule has 4 heteroatoms. The first kappa shape index (κ1) is 10.4. The maximum Gasteiger partial charge on any atom is 0.149 e. The smallest absolute Gasteiger partial charge is 0.149 e. The van der Waals surface area contributed by atoms with Crippen molar-refractivity contribution in [2.24, 2.45) is 0 Å². The molecule has 0 spiro atoms. The molecule has 0 saturated carbocycles. The number of benzene rings is 1. The minimum atomic E-state index is -0.344. The van der Waals surface area contributed by atoms with E-state index in [1.807, 2.05) is 6.92 Å². The van der Waals surface area contributed by atoms with Gasteiger partial charge in [-0.3, -0.25) is 0 Å². The van der Waals surface area contributed by atoms with Crippen LogP contribution in [0.5, 0.6) is 0 Å². The molecule has 82 valence electrons. The highest BCUT2D eigenvalue weighted by Crippen LogP contribution is 2.19. The molecule has 0 aliphatic heterocycles. The van der Waals surface area contributed by atoms with Crippen molar-refractivity contribution in [2.45, 2.75) is 6.92 Å². The summed E-state index contributed by atoms with van der Waals surface area (Å²) in [5.41, 5.74) is 7.46. The summed E-state index contributed by atoms with van der Waals surface area (Å²) in [6.45, 7) is 5.60. The summed E-state index contributed by atoms with van der Waals surface area (Å²) >= 11 is 0. The molecule has 0 atom stereocenters. The summed E-state index contributed by atoms with van der Waals surface area (Å²) in [5.74, 6) is 0.0203. The van der Waals surface area contributed by atoms with Gasteiger partial charge in [-0.15, -0.1) is 0 Å². The van der Waals surface area contributed by atoms with Crippen LogP contribution in [0.25, 0.3) is 11.3 Å². The van der Waals surface area contributed by atoms with Crippen LogP contribution in [0.2, 0.25) is 0 Å². The van der Waals surface area contributed by atoms with Crippen LogP contribution >= 0.6 is 0 Å². The van der Waals surface area contributed by atoms with Crippen LogP contribution in [0.1, 0.15) is 12.5 Å². The molecule has 0 radical (unpaired) electrons. The zero-order chi connectivity index (χ0) is 11.7. The summed E-state index contributed by atoms with van der Waals surface area (Å²) in [5, 5.41) is 3.95. The second kappa shape index (κ2) is 3.81. The van der Waals surface area contributed by atoms with Gasteiger partial charge in [-0.2, -0.15) is 5.10 Å². The SMILES string of the molecule is C=C(C)c1ccc(-n2ccc(N)n2)c(F)c1. The Morgan fingerprint density at radius 2 is 2.19 bits per heavy atom. The number of nitrogen functional groups attached to an aromatic ring is 1. The lowest BCUT2D eigenvalue weighted by Crippen LogP contribution is -2.00. The molecule has 0 unspecified atom stereocenters. The lowest BCUT2D eigenvalue weighted by atomic mass is 10.1. The zero-order valence-corrected chi connectivity index (χ0v) is 8.94. The van der Waals surface area contributed by atoms with E-state index in [4.69, 9.17) is 5.73 Å². The highest BCUT2D eigenvalue weighted by Gasteiger charge is 2.06. The molecule has 16 heavy (non-hydrogen) atoms. The van der Waals surface area contributed by atoms with E-state index >= 15 is 0 Å². The second-order valence-electron chi connectivity index (χ2n) is 3.63. The van der Waals surface area contributed by atoms with Gasteiger partial charge < -0.3 is 5.73 Å². The number of anilines is 1. The van der Waals surface area contributed by atoms with Crippen molar-refractivity contribution in [1.29, 1.82) is 0 Å². The van der Waals surface area contributed by atoms with Crippen LogP contribution in [0, 0.1) is 5.82 Å². The molecule has 1 heterocycles. The van der Waals surface area contributed by atoms with Crippen LogP contribution in [0.4, 0.5) is 10.2 Å². The molecule has 2 rings (SSSR count). The fraction of sp³-hybridized carbons (Fsp3) is 0.0833. The van der Waals surface area contributed by atoms with E-state index in [0.717, 1.165) is 11.1 Å². The molecule has 2 N–H and O–H groups in total. The van der Waals surface area contributed by atoms with E-state index in [2.05, 4.69) is 11.7 Å². The fourth-order valence-corrected chi connectivity index (χ4v) is 1.43. The number of halogens is 1. The van der Waals surface area contributed by atoms with Crippen LogP contribution in [-0.4, -0.2) is 9.78 Å². The average molecular weight is 217 g/mol. The molecule has 1 aromatic heterocycles. The third-order valence-corrected chi connectivity index (χ3v) is 2.30. The van der Waals surface area contributed by atoms with Gasteiger partial charge in [-0.1, -0.05) is 18.2 Å². The average Bonchev–Trinajstić information content (AvgIpc) is 2.64. The highest BCUT2D eigenvalue weighted by atomic mass is 19.1. The maximum atomic E-state index is 13.8. The van der Waals surface area contributed by atoms with Crippen molar-refractivity contribution in [2.75, 3.05) is 5.73 Å². The number of allylic oxidation sites excluding steroid dienone is 1. The molecular formula is C12H12FN3. The predicted octanol–water partition coefficient (Wildman–Crippen LogP) is 2.63. The lowest BCUT2D eigenvalue weighted by Gasteiger charge is -2.05. The molecular weight excluding hydrogens is 205 g/mol. The lowest BCUT2D eigenvalue weighted by molar-refractivity contribution is 0.610. The van der Waals surface area contributed by atoms with Gasteiger partial charge in [0.2, 0.25) is 0 Å². The molecule has 2 aromatic rings. The molecule has 0 saturated heterocycles. The Morgan fingerprint density at radius 1 is 1.44 bits per heavy atom. The minimum absolute atomic E-state index is 0.344. The van der Waals surface area contributed by atoms with Gasteiger partial charge in [0.25, 0.3) is 0 Å². The number of hydrogen-bond acceptors (Lipinski definition) is 2. The van der Waals surface area contributed by atoms with Crippen LogP contribution in [0.15, 0.2) is 37.0 Å². The number of aromatic nitrogens is 2. The van der Waals surface area contributed by atoms with Crippen molar-refractivity contribution in [3.63, 3.8) is 0 Å². The van der Waals surface area contributed by atoms with E-state index in [0.29, 0.717) is 11.5 Å². The maximum absolute atomic E-state index is 13.8. The molecule has 0 bridgehead atoms. The summed E-state index contributed by atoms with van der Waals surface area (Å²) in [6, 6.07) is 6.52. The van der Waals surface area contributed by atoms with Gasteiger partial charge >= 0.3 is 0 Å². The molecule has 0 amide bonds. The van der Waals surface area contributed by atoms with E-state index < -0.39 is 0 Å². The van der Waals surface area contributed by atoms with Gasteiger partial charge in [0.1, 0.15) is 17.3 Å². The van der Waals surface area contributed by atoms with Crippen LogP contribution in [-0.2, 0) is 0 Å². The molecule has 0 aliphatic rings. The van der Waals surface area contributed by atoms with E-state index in [1.54, 1.807) is 24.4 Å². The van der Waals surface area contributed by atoms with Crippen LogP contribution < -0.4 is 5.73 Å². The summed E-state index contributed by atoms with van der Waals surface area (Å²) in [4.78, 5) is 0. The minimum Gasteiger partial charge on any atom is -0.382 e. The second-order valence-corrected chi connectivity index (χ2v) is 3.63. The van der Waals surface area contributed by atoms with Gasteiger partial charge in [0.05, 0.1) is 0 Å². The normalized spacial score (nSPS) is 10.4. The summed E-state index contributed by atoms with van der Waals surface area (Å²) in [6.07, 6.45) is 1.62. The fourth-order valence-electron chi connectivity index (χ4n) is 1.43. The number of hydrogen-bond donors (Lipinski definition) is 1. The van der Waals surface area contributed by atoms with Gasteiger partial charge in [0, 0.05) is 12.3 Å². The predicted molar refractivity (Wildman–Crippen MR) is 62.6 cm³/mol. The number of nitrogens with zero attached hydrogens (tertiary/aromatic N) is 2. The molecule has 3 nitrogen and oxygen atoms in total. The van der Waals surface area contributed by atoms with Gasteiger partial charge in [-0.05, 0) is 24.6 Å². The molecule has 1 aromatic carbocycles. The quantitative estimate of drug-likeness (QED) is 0.840.